The highest BCUT2D eigenvalue weighted by Gasteiger charge is 2.38. The first-order chi connectivity index (χ1) is 13.5. The number of hydrogen-bond acceptors (Lipinski definition) is 5. The average Bonchev–Trinajstić information content (AvgIpc) is 3.12. The van der Waals surface area contributed by atoms with Gasteiger partial charge in [-0.2, -0.15) is 0 Å². The summed E-state index contributed by atoms with van der Waals surface area (Å²) in [6.45, 7) is 4.92. The minimum atomic E-state index is -0.313. The number of piperazine rings is 1. The van der Waals surface area contributed by atoms with E-state index in [4.69, 9.17) is 11.6 Å². The maximum atomic E-state index is 13.0. The van der Waals surface area contributed by atoms with Crippen molar-refractivity contribution in [1.82, 2.24) is 14.9 Å². The third-order valence-corrected chi connectivity index (χ3v) is 5.77. The van der Waals surface area contributed by atoms with E-state index in [1.165, 1.54) is 0 Å². The average molecular weight is 400 g/mol. The fourth-order valence-corrected chi connectivity index (χ4v) is 3.89. The number of aryl methyl sites for hydroxylation is 1. The Labute approximate surface area is 168 Å². The lowest BCUT2D eigenvalue weighted by Gasteiger charge is -2.35. The zero-order chi connectivity index (χ0) is 19.7. The van der Waals surface area contributed by atoms with Gasteiger partial charge >= 0.3 is 0 Å². The van der Waals surface area contributed by atoms with Crippen molar-refractivity contribution in [3.05, 3.63) is 47.2 Å². The minimum Gasteiger partial charge on any atom is -0.339 e. The number of nitrogens with zero attached hydrogens (tertiary/aromatic N) is 5. The monoisotopic (exact) mass is 399 g/mol. The van der Waals surface area contributed by atoms with Crippen LogP contribution in [0, 0.1) is 12.8 Å². The van der Waals surface area contributed by atoms with Gasteiger partial charge in [-0.3, -0.25) is 9.59 Å². The molecule has 1 atom stereocenters. The normalized spacial score (nSPS) is 20.0. The number of amides is 2. The summed E-state index contributed by atoms with van der Waals surface area (Å²) in [5, 5.41) is 0.624. The lowest BCUT2D eigenvalue weighted by Crippen LogP contribution is -2.51. The van der Waals surface area contributed by atoms with Gasteiger partial charge in [0.05, 0.1) is 5.92 Å². The molecule has 28 heavy (non-hydrogen) atoms. The molecule has 0 saturated carbocycles. The van der Waals surface area contributed by atoms with Crippen molar-refractivity contribution in [3.63, 3.8) is 0 Å². The van der Waals surface area contributed by atoms with Crippen molar-refractivity contribution in [1.29, 1.82) is 0 Å². The second-order valence-corrected chi connectivity index (χ2v) is 7.61. The molecule has 0 aliphatic carbocycles. The fourth-order valence-electron chi connectivity index (χ4n) is 3.71. The number of carbonyl (C=O) groups excluding carboxylic acids is 2. The van der Waals surface area contributed by atoms with Crippen molar-refractivity contribution in [2.24, 2.45) is 5.92 Å². The van der Waals surface area contributed by atoms with E-state index >= 15 is 0 Å². The van der Waals surface area contributed by atoms with Gasteiger partial charge in [0.25, 0.3) is 0 Å². The van der Waals surface area contributed by atoms with Crippen LogP contribution in [0.4, 0.5) is 11.6 Å². The van der Waals surface area contributed by atoms with Crippen LogP contribution in [0.25, 0.3) is 0 Å². The maximum Gasteiger partial charge on any atom is 0.228 e. The topological polar surface area (TPSA) is 69.6 Å². The second-order valence-electron chi connectivity index (χ2n) is 7.20. The molecule has 2 saturated heterocycles. The third-order valence-electron chi connectivity index (χ3n) is 5.37. The molecule has 2 fully saturated rings. The number of halogens is 1. The van der Waals surface area contributed by atoms with Gasteiger partial charge in [-0.1, -0.05) is 17.7 Å². The quantitative estimate of drug-likeness (QED) is 0.790. The van der Waals surface area contributed by atoms with E-state index in [0.717, 1.165) is 11.3 Å². The Morgan fingerprint density at radius 2 is 1.86 bits per heavy atom. The Kier molecular flexibility index (Phi) is 5.17. The Balaban J connectivity index is 1.38. The molecule has 0 N–H and O–H groups in total. The van der Waals surface area contributed by atoms with Gasteiger partial charge in [0.15, 0.2) is 0 Å². The lowest BCUT2D eigenvalue weighted by molar-refractivity contribution is -0.136. The van der Waals surface area contributed by atoms with Gasteiger partial charge in [0.1, 0.15) is 0 Å². The molecule has 7 nitrogen and oxygen atoms in total. The molecular formula is C20H22ClN5O2. The number of carbonyl (C=O) groups is 2. The van der Waals surface area contributed by atoms with Crippen molar-refractivity contribution < 1.29 is 9.59 Å². The summed E-state index contributed by atoms with van der Waals surface area (Å²) in [6.07, 6.45) is 3.68. The summed E-state index contributed by atoms with van der Waals surface area (Å²) in [5.74, 6) is 0.387. The van der Waals surface area contributed by atoms with E-state index in [0.29, 0.717) is 43.7 Å². The van der Waals surface area contributed by atoms with Crippen LogP contribution < -0.4 is 9.80 Å². The number of benzene rings is 1. The van der Waals surface area contributed by atoms with Crippen LogP contribution in [0.5, 0.6) is 0 Å². The van der Waals surface area contributed by atoms with Crippen molar-refractivity contribution in [2.75, 3.05) is 42.5 Å². The first-order valence-electron chi connectivity index (χ1n) is 9.40. The van der Waals surface area contributed by atoms with Crippen LogP contribution in [0.3, 0.4) is 0 Å². The molecule has 2 amide bonds. The van der Waals surface area contributed by atoms with E-state index in [9.17, 15) is 9.59 Å². The highest BCUT2D eigenvalue weighted by atomic mass is 35.5. The van der Waals surface area contributed by atoms with Gasteiger partial charge in [-0.25, -0.2) is 9.97 Å². The number of aromatic nitrogens is 2. The molecule has 0 radical (unpaired) electrons. The summed E-state index contributed by atoms with van der Waals surface area (Å²) in [4.78, 5) is 39.6. The van der Waals surface area contributed by atoms with Crippen LogP contribution in [-0.4, -0.2) is 59.4 Å². The molecule has 2 aliphatic heterocycles. The molecular weight excluding hydrogens is 378 g/mol. The highest BCUT2D eigenvalue weighted by molar-refractivity contribution is 6.31. The number of anilines is 2. The predicted molar refractivity (Wildman–Crippen MR) is 107 cm³/mol. The molecule has 3 heterocycles. The first-order valence-corrected chi connectivity index (χ1v) is 9.78. The summed E-state index contributed by atoms with van der Waals surface area (Å²) < 4.78 is 0. The van der Waals surface area contributed by atoms with E-state index < -0.39 is 0 Å². The van der Waals surface area contributed by atoms with Gasteiger partial charge in [-0.05, 0) is 30.7 Å². The smallest absolute Gasteiger partial charge is 0.228 e. The van der Waals surface area contributed by atoms with Gasteiger partial charge in [0.2, 0.25) is 17.8 Å². The summed E-state index contributed by atoms with van der Waals surface area (Å²) >= 11 is 6.20. The molecule has 8 heteroatoms. The molecule has 1 aromatic carbocycles. The van der Waals surface area contributed by atoms with Crippen LogP contribution in [-0.2, 0) is 9.59 Å². The van der Waals surface area contributed by atoms with E-state index in [2.05, 4.69) is 14.9 Å². The zero-order valence-electron chi connectivity index (χ0n) is 15.7. The number of hydrogen-bond donors (Lipinski definition) is 0. The molecule has 1 unspecified atom stereocenters. The molecule has 4 rings (SSSR count). The molecule has 0 bridgehead atoms. The lowest BCUT2D eigenvalue weighted by atomic mass is 10.1. The van der Waals surface area contributed by atoms with Crippen LogP contribution in [0.2, 0.25) is 5.02 Å². The summed E-state index contributed by atoms with van der Waals surface area (Å²) in [6, 6.07) is 7.35. The predicted octanol–water partition coefficient (Wildman–Crippen LogP) is 2.14. The Morgan fingerprint density at radius 3 is 2.54 bits per heavy atom. The van der Waals surface area contributed by atoms with Crippen LogP contribution >= 0.6 is 11.6 Å². The van der Waals surface area contributed by atoms with Crippen molar-refractivity contribution in [2.45, 2.75) is 13.3 Å². The molecule has 2 aliphatic rings. The van der Waals surface area contributed by atoms with Gasteiger partial charge < -0.3 is 14.7 Å². The zero-order valence-corrected chi connectivity index (χ0v) is 16.5. The largest absolute Gasteiger partial charge is 0.339 e. The SMILES string of the molecule is Cc1ccc(N2CC(C(=O)N3CCN(c4ncccn4)CC3)CC2=O)cc1Cl. The van der Waals surface area contributed by atoms with Crippen molar-refractivity contribution in [3.8, 4) is 0 Å². The molecule has 0 spiro atoms. The van der Waals surface area contributed by atoms with E-state index in [1.807, 2.05) is 24.0 Å². The third kappa shape index (κ3) is 3.67. The number of rotatable bonds is 3. The minimum absolute atomic E-state index is 0.0328. The summed E-state index contributed by atoms with van der Waals surface area (Å²) in [5.41, 5.74) is 1.71. The fraction of sp³-hybridized carbons (Fsp3) is 0.400. The standard InChI is InChI=1S/C20H22ClN5O2/c1-14-3-4-16(12-17(14)21)26-13-15(11-18(26)27)19(28)24-7-9-25(10-8-24)20-22-5-2-6-23-20/h2-6,12,15H,7-11,13H2,1H3. The van der Waals surface area contributed by atoms with Crippen LogP contribution in [0.1, 0.15) is 12.0 Å². The van der Waals surface area contributed by atoms with Crippen molar-refractivity contribution >= 4 is 35.1 Å². The van der Waals surface area contributed by atoms with Crippen LogP contribution in [0.15, 0.2) is 36.7 Å². The Bertz CT molecular complexity index is 883. The molecule has 2 aromatic rings. The highest BCUT2D eigenvalue weighted by Crippen LogP contribution is 2.29. The molecule has 146 valence electrons. The van der Waals surface area contributed by atoms with E-state index in [-0.39, 0.29) is 24.2 Å². The summed E-state index contributed by atoms with van der Waals surface area (Å²) in [7, 11) is 0. The first kappa shape index (κ1) is 18.7. The van der Waals surface area contributed by atoms with Gasteiger partial charge in [-0.15, -0.1) is 0 Å². The Hall–Kier alpha value is -2.67. The second kappa shape index (κ2) is 7.75. The molecule has 1 aromatic heterocycles. The van der Waals surface area contributed by atoms with E-state index in [1.54, 1.807) is 29.4 Å². The van der Waals surface area contributed by atoms with Gasteiger partial charge in [0, 0.05) is 62.2 Å². The Morgan fingerprint density at radius 1 is 1.14 bits per heavy atom. The maximum absolute atomic E-state index is 13.0.